The molecule has 2 N–H and O–H groups in total. The molecule has 0 aliphatic rings. The number of aliphatic hydroxyl groups excluding tert-OH is 1. The van der Waals surface area contributed by atoms with Gasteiger partial charge in [0.15, 0.2) is 11.6 Å². The van der Waals surface area contributed by atoms with Crippen LogP contribution in [0.25, 0.3) is 0 Å². The van der Waals surface area contributed by atoms with Gasteiger partial charge in [-0.3, -0.25) is 14.9 Å². The Bertz CT molecular complexity index is 522. The van der Waals surface area contributed by atoms with E-state index in [2.05, 4.69) is 5.32 Å². The lowest BCUT2D eigenvalue weighted by atomic mass is 10.1. The fraction of sp³-hybridized carbons (Fsp3) is 0.417. The van der Waals surface area contributed by atoms with E-state index in [1.54, 1.807) is 6.92 Å². The Morgan fingerprint density at radius 3 is 2.60 bits per heavy atom. The zero-order valence-corrected chi connectivity index (χ0v) is 10.7. The number of amides is 1. The molecule has 20 heavy (non-hydrogen) atoms. The standard InChI is InChI=1S/C12H14F2N2O4/c1-7(3-2-4-17)15-12(18)8-5-9(13)10(14)6-11(8)16(19)20/h5-7,17H,2-4H2,1H3,(H,15,18). The summed E-state index contributed by atoms with van der Waals surface area (Å²) in [5, 5.41) is 21.8. The quantitative estimate of drug-likeness (QED) is 0.616. The van der Waals surface area contributed by atoms with E-state index in [9.17, 15) is 23.7 Å². The van der Waals surface area contributed by atoms with Crippen molar-refractivity contribution < 1.29 is 23.6 Å². The molecule has 1 atom stereocenters. The van der Waals surface area contributed by atoms with Gasteiger partial charge in [-0.1, -0.05) is 0 Å². The maximum absolute atomic E-state index is 13.1. The van der Waals surface area contributed by atoms with Crippen molar-refractivity contribution >= 4 is 11.6 Å². The largest absolute Gasteiger partial charge is 0.396 e. The maximum atomic E-state index is 13.1. The predicted molar refractivity (Wildman–Crippen MR) is 66.3 cm³/mol. The predicted octanol–water partition coefficient (Wildman–Crippen LogP) is 1.76. The summed E-state index contributed by atoms with van der Waals surface area (Å²) in [7, 11) is 0. The molecule has 0 fully saturated rings. The molecule has 0 aromatic heterocycles. The SMILES string of the molecule is CC(CCCO)NC(=O)c1cc(F)c(F)cc1[N+](=O)[O-]. The first kappa shape index (κ1) is 16.0. The van der Waals surface area contributed by atoms with Gasteiger partial charge in [-0.25, -0.2) is 8.78 Å². The van der Waals surface area contributed by atoms with Crippen molar-refractivity contribution in [2.45, 2.75) is 25.8 Å². The first-order valence-electron chi connectivity index (χ1n) is 5.92. The fourth-order valence-corrected chi connectivity index (χ4v) is 1.64. The monoisotopic (exact) mass is 288 g/mol. The van der Waals surface area contributed by atoms with E-state index in [1.165, 1.54) is 0 Å². The third-order valence-electron chi connectivity index (χ3n) is 2.65. The van der Waals surface area contributed by atoms with Gasteiger partial charge >= 0.3 is 0 Å². The van der Waals surface area contributed by atoms with E-state index in [4.69, 9.17) is 5.11 Å². The Labute approximate surface area is 113 Å². The Kier molecular flexibility index (Phi) is 5.51. The van der Waals surface area contributed by atoms with Gasteiger partial charge < -0.3 is 10.4 Å². The number of rotatable bonds is 6. The van der Waals surface area contributed by atoms with E-state index in [0.29, 0.717) is 25.0 Å². The minimum absolute atomic E-state index is 0.0501. The maximum Gasteiger partial charge on any atom is 0.285 e. The number of nitrogens with one attached hydrogen (secondary N) is 1. The molecule has 0 aliphatic heterocycles. The molecule has 1 unspecified atom stereocenters. The number of hydrogen-bond donors (Lipinski definition) is 2. The Hall–Kier alpha value is -2.09. The van der Waals surface area contributed by atoms with Crippen LogP contribution in [0.3, 0.4) is 0 Å². The van der Waals surface area contributed by atoms with Gasteiger partial charge in [-0.05, 0) is 25.8 Å². The van der Waals surface area contributed by atoms with E-state index >= 15 is 0 Å². The number of carbonyl (C=O) groups is 1. The molecule has 1 rings (SSSR count). The number of nitro benzene ring substituents is 1. The van der Waals surface area contributed by atoms with Gasteiger partial charge in [-0.15, -0.1) is 0 Å². The number of carbonyl (C=O) groups excluding carboxylic acids is 1. The summed E-state index contributed by atoms with van der Waals surface area (Å²) >= 11 is 0. The lowest BCUT2D eigenvalue weighted by Crippen LogP contribution is -2.33. The molecular formula is C12H14F2N2O4. The normalized spacial score (nSPS) is 12.0. The van der Waals surface area contributed by atoms with Crippen molar-refractivity contribution in [3.05, 3.63) is 39.4 Å². The number of nitrogens with zero attached hydrogens (tertiary/aromatic N) is 1. The topological polar surface area (TPSA) is 92.5 Å². The Balaban J connectivity index is 2.97. The number of halogens is 2. The van der Waals surface area contributed by atoms with Crippen LogP contribution in [0.2, 0.25) is 0 Å². The first-order valence-corrected chi connectivity index (χ1v) is 5.92. The van der Waals surface area contributed by atoms with Crippen LogP contribution in [0.4, 0.5) is 14.5 Å². The molecule has 0 heterocycles. The molecule has 1 aromatic rings. The molecule has 1 amide bonds. The first-order chi connectivity index (χ1) is 9.36. The summed E-state index contributed by atoms with van der Waals surface area (Å²) in [5.41, 5.74) is -1.33. The van der Waals surface area contributed by atoms with E-state index in [-0.39, 0.29) is 12.6 Å². The van der Waals surface area contributed by atoms with Crippen molar-refractivity contribution in [2.75, 3.05) is 6.61 Å². The molecule has 0 aliphatic carbocycles. The second-order valence-corrected chi connectivity index (χ2v) is 4.28. The zero-order valence-electron chi connectivity index (χ0n) is 10.7. The molecule has 0 saturated carbocycles. The minimum Gasteiger partial charge on any atom is -0.396 e. The lowest BCUT2D eigenvalue weighted by Gasteiger charge is -2.13. The average molecular weight is 288 g/mol. The highest BCUT2D eigenvalue weighted by molar-refractivity contribution is 5.98. The highest BCUT2D eigenvalue weighted by atomic mass is 19.2. The number of aliphatic hydroxyl groups is 1. The van der Waals surface area contributed by atoms with Crippen LogP contribution >= 0.6 is 0 Å². The summed E-state index contributed by atoms with van der Waals surface area (Å²) in [6.07, 6.45) is 0.904. The van der Waals surface area contributed by atoms with Gasteiger partial charge in [0.25, 0.3) is 11.6 Å². The third kappa shape index (κ3) is 3.95. The highest BCUT2D eigenvalue weighted by Crippen LogP contribution is 2.22. The second kappa shape index (κ2) is 6.90. The van der Waals surface area contributed by atoms with Gasteiger partial charge in [0.05, 0.1) is 11.0 Å². The Morgan fingerprint density at radius 1 is 1.45 bits per heavy atom. The van der Waals surface area contributed by atoms with Crippen molar-refractivity contribution in [1.82, 2.24) is 5.32 Å². The highest BCUT2D eigenvalue weighted by Gasteiger charge is 2.24. The van der Waals surface area contributed by atoms with Crippen molar-refractivity contribution in [2.24, 2.45) is 0 Å². The molecule has 0 saturated heterocycles. The summed E-state index contributed by atoms with van der Waals surface area (Å²) in [6, 6.07) is 0.520. The van der Waals surface area contributed by atoms with Crippen LogP contribution in [0.5, 0.6) is 0 Å². The van der Waals surface area contributed by atoms with Crippen LogP contribution in [0, 0.1) is 21.7 Å². The van der Waals surface area contributed by atoms with Gasteiger partial charge in [-0.2, -0.15) is 0 Å². The molecule has 0 spiro atoms. The summed E-state index contributed by atoms with van der Waals surface area (Å²) in [6.45, 7) is 1.59. The fourth-order valence-electron chi connectivity index (χ4n) is 1.64. The Morgan fingerprint density at radius 2 is 2.05 bits per heavy atom. The van der Waals surface area contributed by atoms with E-state index in [0.717, 1.165) is 0 Å². The van der Waals surface area contributed by atoms with Crippen molar-refractivity contribution in [3.8, 4) is 0 Å². The van der Waals surface area contributed by atoms with Crippen LogP contribution in [-0.4, -0.2) is 28.6 Å². The van der Waals surface area contributed by atoms with Crippen molar-refractivity contribution in [3.63, 3.8) is 0 Å². The van der Waals surface area contributed by atoms with E-state index < -0.39 is 33.7 Å². The lowest BCUT2D eigenvalue weighted by molar-refractivity contribution is -0.385. The zero-order chi connectivity index (χ0) is 15.3. The average Bonchev–Trinajstić information content (AvgIpc) is 2.38. The number of hydrogen-bond acceptors (Lipinski definition) is 4. The number of benzene rings is 1. The van der Waals surface area contributed by atoms with Crippen LogP contribution in [0.15, 0.2) is 12.1 Å². The molecular weight excluding hydrogens is 274 g/mol. The summed E-state index contributed by atoms with van der Waals surface area (Å²) in [5.74, 6) is -3.58. The van der Waals surface area contributed by atoms with Gasteiger partial charge in [0.1, 0.15) is 5.56 Å². The summed E-state index contributed by atoms with van der Waals surface area (Å²) in [4.78, 5) is 21.6. The van der Waals surface area contributed by atoms with Crippen LogP contribution < -0.4 is 5.32 Å². The minimum atomic E-state index is -1.39. The number of nitro groups is 1. The van der Waals surface area contributed by atoms with Crippen molar-refractivity contribution in [1.29, 1.82) is 0 Å². The molecule has 0 bridgehead atoms. The van der Waals surface area contributed by atoms with Crippen LogP contribution in [0.1, 0.15) is 30.1 Å². The molecule has 0 radical (unpaired) electrons. The molecule has 1 aromatic carbocycles. The smallest absolute Gasteiger partial charge is 0.285 e. The molecule has 110 valence electrons. The second-order valence-electron chi connectivity index (χ2n) is 4.28. The third-order valence-corrected chi connectivity index (χ3v) is 2.65. The van der Waals surface area contributed by atoms with Gasteiger partial charge in [0, 0.05) is 12.6 Å². The summed E-state index contributed by atoms with van der Waals surface area (Å²) < 4.78 is 26.1. The molecule has 6 nitrogen and oxygen atoms in total. The van der Waals surface area contributed by atoms with E-state index in [1.807, 2.05) is 0 Å². The molecule has 8 heteroatoms. The van der Waals surface area contributed by atoms with Crippen LogP contribution in [-0.2, 0) is 0 Å². The van der Waals surface area contributed by atoms with Gasteiger partial charge in [0.2, 0.25) is 0 Å².